The summed E-state index contributed by atoms with van der Waals surface area (Å²) in [5.41, 5.74) is 2.32. The van der Waals surface area contributed by atoms with Crippen molar-refractivity contribution in [1.29, 1.82) is 0 Å². The smallest absolute Gasteiger partial charge is 0.0543 e. The average molecular weight is 320 g/mol. The molecule has 0 aliphatic heterocycles. The maximum atomic E-state index is 8.65. The van der Waals surface area contributed by atoms with E-state index in [1.54, 1.807) is 30.7 Å². The quantitative estimate of drug-likeness (QED) is 0.639. The van der Waals surface area contributed by atoms with Crippen molar-refractivity contribution >= 4 is 0 Å². The second-order valence-electron chi connectivity index (χ2n) is 5.46. The van der Waals surface area contributed by atoms with Crippen molar-refractivity contribution in [2.45, 2.75) is 19.3 Å². The summed E-state index contributed by atoms with van der Waals surface area (Å²) in [5, 5.41) is 0. The summed E-state index contributed by atoms with van der Waals surface area (Å²) < 4.78 is 17.3. The highest BCUT2D eigenvalue weighted by atomic mass is 15.1. The summed E-state index contributed by atoms with van der Waals surface area (Å²) >= 11 is 0. The molecule has 0 fully saturated rings. The van der Waals surface area contributed by atoms with Crippen LogP contribution in [0.2, 0.25) is 0 Å². The molecule has 4 nitrogen and oxygen atoms in total. The third-order valence-corrected chi connectivity index (χ3v) is 3.67. The van der Waals surface area contributed by atoms with Crippen LogP contribution in [0, 0.1) is 0 Å². The molecule has 0 atom stereocenters. The van der Waals surface area contributed by atoms with Crippen LogP contribution in [0.5, 0.6) is 0 Å². The Kier molecular flexibility index (Phi) is 5.12. The van der Waals surface area contributed by atoms with Gasteiger partial charge in [0.25, 0.3) is 0 Å². The Morgan fingerprint density at radius 1 is 0.667 bits per heavy atom. The van der Waals surface area contributed by atoms with Gasteiger partial charge in [-0.2, -0.15) is 0 Å². The fourth-order valence-corrected chi connectivity index (χ4v) is 2.41. The van der Waals surface area contributed by atoms with E-state index in [9.17, 15) is 0 Å². The molecule has 4 heteroatoms. The molecule has 0 unspecified atom stereocenters. The molecule has 0 saturated carbocycles. The first-order valence-corrected chi connectivity index (χ1v) is 8.12. The Bertz CT molecular complexity index is 739. The van der Waals surface area contributed by atoms with Crippen molar-refractivity contribution in [3.63, 3.8) is 0 Å². The highest BCUT2D eigenvalue weighted by Crippen LogP contribution is 2.06. The Balaban J connectivity index is 1.76. The molecule has 0 aromatic carbocycles. The van der Waals surface area contributed by atoms with Crippen LogP contribution in [0.1, 0.15) is 19.8 Å². The topological polar surface area (TPSA) is 41.9 Å². The summed E-state index contributed by atoms with van der Waals surface area (Å²) in [5.74, 6) is 0. The number of rotatable bonds is 8. The van der Waals surface area contributed by atoms with Crippen molar-refractivity contribution in [2.75, 3.05) is 13.1 Å². The number of pyridine rings is 3. The molecular weight excluding hydrogens is 296 g/mol. The van der Waals surface area contributed by atoms with Crippen LogP contribution in [-0.4, -0.2) is 32.9 Å². The average Bonchev–Trinajstić information content (AvgIpc) is 2.70. The first-order valence-electron chi connectivity index (χ1n) is 9.12. The number of hydrogen-bond donors (Lipinski definition) is 0. The third-order valence-electron chi connectivity index (χ3n) is 3.67. The van der Waals surface area contributed by atoms with Gasteiger partial charge in [-0.1, -0.05) is 18.2 Å². The van der Waals surface area contributed by atoms with Gasteiger partial charge < -0.3 is 0 Å². The highest BCUT2D eigenvalue weighted by molar-refractivity contribution is 5.07. The number of nitrogens with zero attached hydrogens (tertiary/aromatic N) is 4. The first-order chi connectivity index (χ1) is 12.7. The zero-order valence-corrected chi connectivity index (χ0v) is 13.5. The van der Waals surface area contributed by atoms with Crippen LogP contribution < -0.4 is 0 Å². The van der Waals surface area contributed by atoms with Gasteiger partial charge in [0.05, 0.1) is 5.69 Å². The molecule has 0 aliphatic rings. The molecule has 0 saturated heterocycles. The van der Waals surface area contributed by atoms with E-state index >= 15 is 0 Å². The summed E-state index contributed by atoms with van der Waals surface area (Å²) in [4.78, 5) is 14.7. The fourth-order valence-electron chi connectivity index (χ4n) is 2.41. The van der Waals surface area contributed by atoms with E-state index in [4.69, 9.17) is 2.74 Å². The molecule has 0 N–H and O–H groups in total. The van der Waals surface area contributed by atoms with E-state index < -0.39 is 6.50 Å². The van der Waals surface area contributed by atoms with Gasteiger partial charge in [0.2, 0.25) is 0 Å². The van der Waals surface area contributed by atoms with Gasteiger partial charge in [0.1, 0.15) is 0 Å². The number of aromatic nitrogens is 3. The zero-order valence-electron chi connectivity index (χ0n) is 15.5. The summed E-state index contributed by atoms with van der Waals surface area (Å²) in [6.45, 7) is -0.564. The largest absolute Gasteiger partial charge is 0.297 e. The van der Waals surface area contributed by atoms with E-state index in [0.29, 0.717) is 31.6 Å². The van der Waals surface area contributed by atoms with Crippen LogP contribution in [0.15, 0.2) is 73.2 Å². The third kappa shape index (κ3) is 5.25. The Hall–Kier alpha value is -2.59. The van der Waals surface area contributed by atoms with Crippen molar-refractivity contribution in [2.24, 2.45) is 0 Å². The van der Waals surface area contributed by atoms with E-state index in [1.807, 2.05) is 47.4 Å². The van der Waals surface area contributed by atoms with Gasteiger partial charge in [-0.15, -0.1) is 0 Å². The first kappa shape index (κ1) is 13.8. The molecule has 0 spiro atoms. The van der Waals surface area contributed by atoms with Gasteiger partial charge in [0.15, 0.2) is 0 Å². The van der Waals surface area contributed by atoms with E-state index in [-0.39, 0.29) is 0 Å². The Morgan fingerprint density at radius 2 is 1.12 bits per heavy atom. The summed E-state index contributed by atoms with van der Waals surface area (Å²) in [6, 6.07) is 16.9. The van der Waals surface area contributed by atoms with E-state index in [0.717, 1.165) is 11.4 Å². The molecule has 24 heavy (non-hydrogen) atoms. The lowest BCUT2D eigenvalue weighted by Gasteiger charge is -2.21. The molecule has 3 aromatic rings. The molecule has 3 rings (SSSR count). The molecule has 0 aliphatic carbocycles. The minimum atomic E-state index is -1.66. The van der Waals surface area contributed by atoms with Crippen molar-refractivity contribution in [3.8, 4) is 0 Å². The Labute approximate surface area is 146 Å². The standard InChI is InChI=1S/C20H22N4/c1-4-12-21-18(7-1)10-15-24(17-20-9-3-6-14-23-20)16-11-19-8-2-5-13-22-19/h1-9,12-14H,10-11,15-17H2/i17D2. The van der Waals surface area contributed by atoms with Gasteiger partial charge >= 0.3 is 0 Å². The van der Waals surface area contributed by atoms with Crippen molar-refractivity contribution < 1.29 is 2.74 Å². The normalized spacial score (nSPS) is 12.7. The second-order valence-corrected chi connectivity index (χ2v) is 5.46. The van der Waals surface area contributed by atoms with Gasteiger partial charge in [-0.05, 0) is 36.4 Å². The van der Waals surface area contributed by atoms with Crippen molar-refractivity contribution in [1.82, 2.24) is 19.9 Å². The molecule has 0 bridgehead atoms. The lowest BCUT2D eigenvalue weighted by molar-refractivity contribution is 0.267. The summed E-state index contributed by atoms with van der Waals surface area (Å²) in [6.07, 6.45) is 6.51. The van der Waals surface area contributed by atoms with Crippen LogP contribution in [0.3, 0.4) is 0 Å². The van der Waals surface area contributed by atoms with Gasteiger partial charge in [-0.3, -0.25) is 19.9 Å². The maximum absolute atomic E-state index is 8.65. The maximum Gasteiger partial charge on any atom is 0.0543 e. The lowest BCUT2D eigenvalue weighted by atomic mass is 10.2. The predicted octanol–water partition coefficient (Wildman–Crippen LogP) is 3.16. The molecule has 122 valence electrons. The number of hydrogen-bond acceptors (Lipinski definition) is 4. The van der Waals surface area contributed by atoms with Crippen LogP contribution in [0.4, 0.5) is 0 Å². The molecule has 0 radical (unpaired) electrons. The molecular formula is C20H22N4. The van der Waals surface area contributed by atoms with Gasteiger partial charge in [-0.25, -0.2) is 0 Å². The van der Waals surface area contributed by atoms with Crippen molar-refractivity contribution in [3.05, 3.63) is 90.3 Å². The summed E-state index contributed by atoms with van der Waals surface area (Å²) in [7, 11) is 0. The minimum Gasteiger partial charge on any atom is -0.297 e. The minimum absolute atomic E-state index is 0.419. The molecule has 0 amide bonds. The zero-order chi connectivity index (χ0) is 18.2. The van der Waals surface area contributed by atoms with E-state index in [2.05, 4.69) is 15.0 Å². The van der Waals surface area contributed by atoms with Crippen LogP contribution in [0.25, 0.3) is 0 Å². The monoisotopic (exact) mass is 320 g/mol. The Morgan fingerprint density at radius 3 is 1.54 bits per heavy atom. The highest BCUT2D eigenvalue weighted by Gasteiger charge is 2.08. The van der Waals surface area contributed by atoms with Gasteiger partial charge in [0, 0.05) is 65.1 Å². The second kappa shape index (κ2) is 8.89. The SMILES string of the molecule is [2H]C([2H])(c1ccccn1)N(CCc1ccccn1)CCc1ccccn1. The van der Waals surface area contributed by atoms with Crippen LogP contribution >= 0.6 is 0 Å². The fraction of sp³-hybridized carbons (Fsp3) is 0.250. The molecule has 3 aromatic heterocycles. The van der Waals surface area contributed by atoms with Crippen LogP contribution in [-0.2, 0) is 19.3 Å². The lowest BCUT2D eigenvalue weighted by Crippen LogP contribution is -2.28. The van der Waals surface area contributed by atoms with E-state index in [1.165, 1.54) is 0 Å². The predicted molar refractivity (Wildman–Crippen MR) is 95.4 cm³/mol. The molecule has 3 heterocycles.